The van der Waals surface area contributed by atoms with E-state index in [1.54, 1.807) is 6.21 Å². The van der Waals surface area contributed by atoms with Crippen LogP contribution >= 0.6 is 12.2 Å². The molecule has 0 saturated heterocycles. The van der Waals surface area contributed by atoms with Gasteiger partial charge in [-0.05, 0) is 46.9 Å². The minimum absolute atomic E-state index is 0.314. The molecule has 7 nitrogen and oxygen atoms in total. The number of aliphatic imine (C=N–C) groups is 1. The van der Waals surface area contributed by atoms with E-state index in [1.807, 2.05) is 36.4 Å². The van der Waals surface area contributed by atoms with Gasteiger partial charge in [0, 0.05) is 36.7 Å². The molecular weight excluding hydrogens is 613 g/mol. The van der Waals surface area contributed by atoms with Gasteiger partial charge in [-0.15, -0.1) is 5.10 Å². The second kappa shape index (κ2) is 14.7. The van der Waals surface area contributed by atoms with Gasteiger partial charge in [0.2, 0.25) is 5.95 Å². The second-order valence-electron chi connectivity index (χ2n) is 10.4. The maximum Gasteiger partial charge on any atom is 0.499 e. The third-order valence-corrected chi connectivity index (χ3v) is 6.87. The number of anilines is 1. The lowest BCUT2D eigenvalue weighted by atomic mass is 9.94. The molecule has 0 aliphatic rings. The summed E-state index contributed by atoms with van der Waals surface area (Å²) in [5, 5.41) is 7.61. The average Bonchev–Trinajstić information content (AvgIpc) is 3.41. The molecule has 1 heterocycles. The van der Waals surface area contributed by atoms with Gasteiger partial charge in [-0.2, -0.15) is 31.6 Å². The van der Waals surface area contributed by atoms with Crippen LogP contribution in [0.5, 0.6) is 5.75 Å². The summed E-state index contributed by atoms with van der Waals surface area (Å²) in [6.45, 7) is 5.49. The van der Waals surface area contributed by atoms with E-state index in [-0.39, 0.29) is 0 Å². The Morgan fingerprint density at radius 3 is 2.33 bits per heavy atom. The SMILES string of the molecule is COCCNc1nc(-c2ccc(C=NCC(=S)Cc3ccccc3C(C)C)cc2)nn1-c1ccc(OC(F)(F)C(F)(F)F)cc1. The lowest BCUT2D eigenvalue weighted by Gasteiger charge is -2.20. The monoisotopic (exact) mass is 645 g/mol. The molecule has 1 N–H and O–H groups in total. The Hall–Kier alpha value is -4.23. The van der Waals surface area contributed by atoms with Crippen LogP contribution < -0.4 is 10.1 Å². The highest BCUT2D eigenvalue weighted by Gasteiger charge is 2.61. The van der Waals surface area contributed by atoms with E-state index in [0.29, 0.717) is 55.1 Å². The number of nitrogens with zero attached hydrogens (tertiary/aromatic N) is 4. The molecule has 1 aromatic heterocycles. The van der Waals surface area contributed by atoms with Gasteiger partial charge in [-0.3, -0.25) is 4.99 Å². The number of hydrogen-bond donors (Lipinski definition) is 1. The first-order valence-corrected chi connectivity index (χ1v) is 14.4. The highest BCUT2D eigenvalue weighted by atomic mass is 32.1. The van der Waals surface area contributed by atoms with Crippen LogP contribution in [0.25, 0.3) is 17.1 Å². The molecule has 3 aromatic carbocycles. The average molecular weight is 646 g/mol. The molecule has 45 heavy (non-hydrogen) atoms. The van der Waals surface area contributed by atoms with Gasteiger partial charge in [0.05, 0.1) is 18.8 Å². The highest BCUT2D eigenvalue weighted by Crippen LogP contribution is 2.37. The molecule has 4 rings (SSSR count). The molecular formula is C32H32F5N5O2S. The molecule has 0 radical (unpaired) electrons. The molecule has 4 aromatic rings. The van der Waals surface area contributed by atoms with Crippen LogP contribution in [0, 0.1) is 0 Å². The van der Waals surface area contributed by atoms with E-state index in [0.717, 1.165) is 22.6 Å². The third-order valence-electron chi connectivity index (χ3n) is 6.60. The highest BCUT2D eigenvalue weighted by molar-refractivity contribution is 7.80. The summed E-state index contributed by atoms with van der Waals surface area (Å²) >= 11 is 5.59. The minimum atomic E-state index is -5.85. The maximum atomic E-state index is 13.3. The first-order valence-electron chi connectivity index (χ1n) is 14.0. The number of alkyl halides is 5. The predicted octanol–water partition coefficient (Wildman–Crippen LogP) is 7.68. The van der Waals surface area contributed by atoms with Crippen LogP contribution in [0.15, 0.2) is 77.8 Å². The summed E-state index contributed by atoms with van der Waals surface area (Å²) in [6.07, 6.45) is -8.74. The molecule has 0 amide bonds. The summed E-state index contributed by atoms with van der Waals surface area (Å²) in [5.41, 5.74) is 4.39. The van der Waals surface area contributed by atoms with E-state index in [1.165, 1.54) is 35.1 Å². The van der Waals surface area contributed by atoms with Gasteiger partial charge in [-0.25, -0.2) is 0 Å². The van der Waals surface area contributed by atoms with Gasteiger partial charge >= 0.3 is 12.3 Å². The number of halogens is 5. The fourth-order valence-corrected chi connectivity index (χ4v) is 4.58. The molecule has 0 spiro atoms. The molecule has 0 bridgehead atoms. The number of methoxy groups -OCH3 is 1. The normalized spacial score (nSPS) is 12.2. The van der Waals surface area contributed by atoms with Crippen LogP contribution in [0.2, 0.25) is 0 Å². The number of thiocarbonyl (C=S) groups is 1. The maximum absolute atomic E-state index is 13.3. The Morgan fingerprint density at radius 1 is 1.00 bits per heavy atom. The van der Waals surface area contributed by atoms with Gasteiger partial charge < -0.3 is 14.8 Å². The van der Waals surface area contributed by atoms with Gasteiger partial charge in [-0.1, -0.05) is 74.6 Å². The molecule has 238 valence electrons. The zero-order valence-electron chi connectivity index (χ0n) is 24.8. The molecule has 0 fully saturated rings. The van der Waals surface area contributed by atoms with Gasteiger partial charge in [0.15, 0.2) is 5.82 Å². The standard InChI is InChI=1S/C32H32F5N5O2S/c1-21(2)28-7-5-4-6-24(28)18-27(45)20-38-19-22-8-10-23(11-9-22)29-40-30(39-16-17-43-3)42(41-29)25-12-14-26(15-13-25)44-32(36,37)31(33,34)35/h4-15,19,21H,16-18,20H2,1-3H3,(H,39,40,41). The third kappa shape index (κ3) is 8.92. The summed E-state index contributed by atoms with van der Waals surface area (Å²) in [4.78, 5) is 9.91. The van der Waals surface area contributed by atoms with Crippen molar-refractivity contribution >= 4 is 29.2 Å². The zero-order chi connectivity index (χ0) is 32.6. The number of ether oxygens (including phenoxy) is 2. The Kier molecular flexibility index (Phi) is 11.0. The van der Waals surface area contributed by atoms with E-state index in [2.05, 4.69) is 51.1 Å². The number of benzene rings is 3. The Balaban J connectivity index is 1.46. The first-order chi connectivity index (χ1) is 21.4. The van der Waals surface area contributed by atoms with E-state index in [9.17, 15) is 22.0 Å². The van der Waals surface area contributed by atoms with Crippen LogP contribution in [-0.2, 0) is 11.2 Å². The van der Waals surface area contributed by atoms with E-state index in [4.69, 9.17) is 17.0 Å². The topological polar surface area (TPSA) is 73.6 Å². The fraction of sp³-hybridized carbons (Fsp3) is 0.312. The summed E-state index contributed by atoms with van der Waals surface area (Å²) in [6, 6.07) is 20.2. The van der Waals surface area contributed by atoms with Crippen molar-refractivity contribution in [3.05, 3.63) is 89.5 Å². The van der Waals surface area contributed by atoms with Crippen molar-refractivity contribution in [3.8, 4) is 22.8 Å². The summed E-state index contributed by atoms with van der Waals surface area (Å²) in [5.74, 6) is 0.419. The van der Waals surface area contributed by atoms with Crippen molar-refractivity contribution in [2.75, 3.05) is 32.1 Å². The minimum Gasteiger partial charge on any atom is -0.426 e. The van der Waals surface area contributed by atoms with Crippen LogP contribution in [0.4, 0.5) is 27.9 Å². The lowest BCUT2D eigenvalue weighted by molar-refractivity contribution is -0.360. The van der Waals surface area contributed by atoms with Crippen LogP contribution in [0.3, 0.4) is 0 Å². The van der Waals surface area contributed by atoms with Crippen molar-refractivity contribution < 1.29 is 31.4 Å². The van der Waals surface area contributed by atoms with E-state index >= 15 is 0 Å². The number of hydrogen-bond acceptors (Lipinski definition) is 7. The van der Waals surface area contributed by atoms with E-state index < -0.39 is 18.0 Å². The summed E-state index contributed by atoms with van der Waals surface area (Å²) < 4.78 is 74.6. The van der Waals surface area contributed by atoms with Gasteiger partial charge in [0.1, 0.15) is 5.75 Å². The second-order valence-corrected chi connectivity index (χ2v) is 10.9. The Bertz CT molecular complexity index is 1600. The number of nitrogens with one attached hydrogen (secondary N) is 1. The molecule has 0 aliphatic heterocycles. The number of rotatable bonds is 14. The zero-order valence-corrected chi connectivity index (χ0v) is 25.6. The van der Waals surface area contributed by atoms with Crippen molar-refractivity contribution in [2.45, 2.75) is 38.5 Å². The van der Waals surface area contributed by atoms with Crippen molar-refractivity contribution in [1.29, 1.82) is 0 Å². The smallest absolute Gasteiger partial charge is 0.426 e. The van der Waals surface area contributed by atoms with Crippen LogP contribution in [0.1, 0.15) is 36.5 Å². The molecule has 0 aliphatic carbocycles. The molecule has 0 saturated carbocycles. The van der Waals surface area contributed by atoms with Gasteiger partial charge in [0.25, 0.3) is 0 Å². The van der Waals surface area contributed by atoms with Crippen molar-refractivity contribution in [3.63, 3.8) is 0 Å². The molecule has 0 atom stereocenters. The fourth-order valence-electron chi connectivity index (χ4n) is 4.35. The Morgan fingerprint density at radius 2 is 1.69 bits per heavy atom. The number of aromatic nitrogens is 3. The largest absolute Gasteiger partial charge is 0.499 e. The van der Waals surface area contributed by atoms with Crippen molar-refractivity contribution in [2.24, 2.45) is 4.99 Å². The summed E-state index contributed by atoms with van der Waals surface area (Å²) in [7, 11) is 1.54. The quantitative estimate of drug-likeness (QED) is 0.0657. The molecule has 0 unspecified atom stereocenters. The predicted molar refractivity (Wildman–Crippen MR) is 168 cm³/mol. The molecule has 13 heteroatoms. The first kappa shape index (κ1) is 33.7. The Labute approximate surface area is 263 Å². The lowest BCUT2D eigenvalue weighted by Crippen LogP contribution is -2.41. The van der Waals surface area contributed by atoms with Crippen molar-refractivity contribution in [1.82, 2.24) is 14.8 Å². The van der Waals surface area contributed by atoms with Crippen LogP contribution in [-0.4, -0.2) is 64.9 Å².